The molecule has 0 spiro atoms. The number of thiophene rings is 1. The highest BCUT2D eigenvalue weighted by Crippen LogP contribution is 2.23. The number of aromatic nitrogens is 3. The van der Waals surface area contributed by atoms with Crippen LogP contribution in [-0.4, -0.2) is 14.1 Å². The quantitative estimate of drug-likeness (QED) is 0.554. The summed E-state index contributed by atoms with van der Waals surface area (Å²) in [4.78, 5) is 16.6. The Morgan fingerprint density at radius 3 is 2.69 bits per heavy atom. The van der Waals surface area contributed by atoms with Gasteiger partial charge in [0, 0.05) is 32.2 Å². The summed E-state index contributed by atoms with van der Waals surface area (Å²) in [5.74, 6) is 0. The summed E-state index contributed by atoms with van der Waals surface area (Å²) in [6, 6.07) is 8.54. The SMILES string of the molecule is Cn1c(=O)n(C)c2cc(CNC(Cc3ccsc3)c3nccs3)ccc21. The van der Waals surface area contributed by atoms with Crippen LogP contribution in [0.15, 0.2) is 51.4 Å². The predicted molar refractivity (Wildman–Crippen MR) is 108 cm³/mol. The predicted octanol–water partition coefficient (Wildman–Crippen LogP) is 3.47. The molecule has 4 rings (SSSR count). The molecule has 0 amide bonds. The minimum Gasteiger partial charge on any atom is -0.304 e. The molecule has 5 nitrogen and oxygen atoms in total. The number of aryl methyl sites for hydroxylation is 2. The number of hydrogen-bond donors (Lipinski definition) is 1. The Kier molecular flexibility index (Phi) is 4.76. The number of imidazole rings is 1. The fourth-order valence-corrected chi connectivity index (χ4v) is 4.60. The fourth-order valence-electron chi connectivity index (χ4n) is 3.20. The van der Waals surface area contributed by atoms with E-state index in [0.29, 0.717) is 0 Å². The standard InChI is InChI=1S/C19H20N4OS2/c1-22-16-4-3-13(10-17(16)23(2)19(22)24)11-21-15(18-20-6-8-26-18)9-14-5-7-25-12-14/h3-8,10,12,15,21H,9,11H2,1-2H3. The van der Waals surface area contributed by atoms with Crippen molar-refractivity contribution in [2.24, 2.45) is 14.1 Å². The molecule has 7 heteroatoms. The van der Waals surface area contributed by atoms with Crippen LogP contribution in [0, 0.1) is 0 Å². The minimum atomic E-state index is 0.00299. The van der Waals surface area contributed by atoms with E-state index >= 15 is 0 Å². The molecule has 0 radical (unpaired) electrons. The van der Waals surface area contributed by atoms with E-state index < -0.39 is 0 Å². The van der Waals surface area contributed by atoms with E-state index in [1.165, 1.54) is 5.56 Å². The van der Waals surface area contributed by atoms with Gasteiger partial charge in [-0.3, -0.25) is 9.13 Å². The van der Waals surface area contributed by atoms with Crippen LogP contribution in [0.4, 0.5) is 0 Å². The average molecular weight is 385 g/mol. The van der Waals surface area contributed by atoms with Crippen LogP contribution in [0.2, 0.25) is 0 Å². The Labute approximate surface area is 159 Å². The largest absolute Gasteiger partial charge is 0.328 e. The van der Waals surface area contributed by atoms with Gasteiger partial charge in [-0.05, 0) is 46.5 Å². The molecule has 0 saturated carbocycles. The van der Waals surface area contributed by atoms with Gasteiger partial charge in [0.25, 0.3) is 0 Å². The van der Waals surface area contributed by atoms with E-state index in [-0.39, 0.29) is 11.7 Å². The van der Waals surface area contributed by atoms with Crippen LogP contribution < -0.4 is 11.0 Å². The van der Waals surface area contributed by atoms with Gasteiger partial charge in [-0.1, -0.05) is 6.07 Å². The van der Waals surface area contributed by atoms with Crippen molar-refractivity contribution in [3.8, 4) is 0 Å². The smallest absolute Gasteiger partial charge is 0.304 e. The van der Waals surface area contributed by atoms with Crippen molar-refractivity contribution >= 4 is 33.7 Å². The Morgan fingerprint density at radius 2 is 1.96 bits per heavy atom. The van der Waals surface area contributed by atoms with Crippen molar-refractivity contribution in [2.75, 3.05) is 0 Å². The van der Waals surface area contributed by atoms with Crippen LogP contribution in [0.1, 0.15) is 22.2 Å². The highest BCUT2D eigenvalue weighted by molar-refractivity contribution is 7.09. The maximum atomic E-state index is 12.1. The molecule has 3 heterocycles. The summed E-state index contributed by atoms with van der Waals surface area (Å²) in [6.07, 6.45) is 2.77. The first-order valence-corrected chi connectivity index (χ1v) is 10.2. The highest BCUT2D eigenvalue weighted by Gasteiger charge is 2.15. The lowest BCUT2D eigenvalue weighted by molar-refractivity contribution is 0.528. The second kappa shape index (κ2) is 7.19. The van der Waals surface area contributed by atoms with Crippen molar-refractivity contribution < 1.29 is 0 Å². The molecule has 0 aliphatic carbocycles. The first-order chi connectivity index (χ1) is 12.6. The summed E-state index contributed by atoms with van der Waals surface area (Å²) in [5.41, 5.74) is 4.40. The van der Waals surface area contributed by atoms with Crippen molar-refractivity contribution in [3.05, 3.63) is 73.2 Å². The molecule has 0 aliphatic heterocycles. The van der Waals surface area contributed by atoms with E-state index in [2.05, 4.69) is 39.3 Å². The van der Waals surface area contributed by atoms with Gasteiger partial charge in [-0.2, -0.15) is 11.3 Å². The van der Waals surface area contributed by atoms with Crippen LogP contribution in [0.5, 0.6) is 0 Å². The molecule has 4 aromatic rings. The zero-order chi connectivity index (χ0) is 18.1. The Hall–Kier alpha value is -2.22. The van der Waals surface area contributed by atoms with E-state index in [1.54, 1.807) is 31.8 Å². The summed E-state index contributed by atoms with van der Waals surface area (Å²) in [5, 5.41) is 11.1. The van der Waals surface area contributed by atoms with Gasteiger partial charge in [-0.15, -0.1) is 11.3 Å². The van der Waals surface area contributed by atoms with Gasteiger partial charge in [0.2, 0.25) is 0 Å². The molecule has 0 aliphatic rings. The number of hydrogen-bond acceptors (Lipinski definition) is 5. The van der Waals surface area contributed by atoms with E-state index in [4.69, 9.17) is 0 Å². The maximum absolute atomic E-state index is 12.1. The molecule has 0 bridgehead atoms. The third kappa shape index (κ3) is 3.25. The molecule has 1 unspecified atom stereocenters. The summed E-state index contributed by atoms with van der Waals surface area (Å²) >= 11 is 3.40. The van der Waals surface area contributed by atoms with Crippen molar-refractivity contribution in [3.63, 3.8) is 0 Å². The number of nitrogens with one attached hydrogen (secondary N) is 1. The normalized spacial score (nSPS) is 12.7. The van der Waals surface area contributed by atoms with Crippen LogP contribution in [0.25, 0.3) is 11.0 Å². The molecular weight excluding hydrogens is 364 g/mol. The lowest BCUT2D eigenvalue weighted by Gasteiger charge is -2.16. The average Bonchev–Trinajstić information content (AvgIpc) is 3.39. The third-order valence-corrected chi connectivity index (χ3v) is 6.28. The Balaban J connectivity index is 1.56. The van der Waals surface area contributed by atoms with Crippen LogP contribution in [-0.2, 0) is 27.1 Å². The monoisotopic (exact) mass is 384 g/mol. The minimum absolute atomic E-state index is 0.00299. The molecular formula is C19H20N4OS2. The highest BCUT2D eigenvalue weighted by atomic mass is 32.1. The lowest BCUT2D eigenvalue weighted by Crippen LogP contribution is -2.22. The van der Waals surface area contributed by atoms with Gasteiger partial charge < -0.3 is 5.32 Å². The molecule has 1 atom stereocenters. The molecule has 3 aromatic heterocycles. The summed E-state index contributed by atoms with van der Waals surface area (Å²) in [6.45, 7) is 0.730. The number of rotatable bonds is 6. The number of nitrogens with zero attached hydrogens (tertiary/aromatic N) is 3. The summed E-state index contributed by atoms with van der Waals surface area (Å²) in [7, 11) is 3.62. The third-order valence-electron chi connectivity index (χ3n) is 4.66. The van der Waals surface area contributed by atoms with E-state index in [9.17, 15) is 4.79 Å². The second-order valence-electron chi connectivity index (χ2n) is 6.36. The topological polar surface area (TPSA) is 51.9 Å². The van der Waals surface area contributed by atoms with Gasteiger partial charge in [0.1, 0.15) is 5.01 Å². The molecule has 134 valence electrons. The van der Waals surface area contributed by atoms with Gasteiger partial charge in [0.05, 0.1) is 17.1 Å². The van der Waals surface area contributed by atoms with E-state index in [0.717, 1.165) is 34.6 Å². The van der Waals surface area contributed by atoms with Crippen LogP contribution in [0.3, 0.4) is 0 Å². The first kappa shape index (κ1) is 17.2. The molecule has 0 saturated heterocycles. The Morgan fingerprint density at radius 1 is 1.12 bits per heavy atom. The van der Waals surface area contributed by atoms with Crippen molar-refractivity contribution in [2.45, 2.75) is 19.0 Å². The molecule has 1 N–H and O–H groups in total. The van der Waals surface area contributed by atoms with Crippen LogP contribution >= 0.6 is 22.7 Å². The number of benzene rings is 1. The van der Waals surface area contributed by atoms with Crippen molar-refractivity contribution in [1.29, 1.82) is 0 Å². The van der Waals surface area contributed by atoms with Gasteiger partial charge >= 0.3 is 5.69 Å². The maximum Gasteiger partial charge on any atom is 0.328 e. The second-order valence-corrected chi connectivity index (χ2v) is 8.07. The molecule has 1 aromatic carbocycles. The lowest BCUT2D eigenvalue weighted by atomic mass is 10.1. The zero-order valence-corrected chi connectivity index (χ0v) is 16.3. The van der Waals surface area contributed by atoms with Gasteiger partial charge in [0.15, 0.2) is 0 Å². The van der Waals surface area contributed by atoms with Gasteiger partial charge in [-0.25, -0.2) is 9.78 Å². The first-order valence-electron chi connectivity index (χ1n) is 8.41. The summed E-state index contributed by atoms with van der Waals surface area (Å²) < 4.78 is 3.38. The fraction of sp³-hybridized carbons (Fsp3) is 0.263. The van der Waals surface area contributed by atoms with Crippen molar-refractivity contribution in [1.82, 2.24) is 19.4 Å². The number of fused-ring (bicyclic) bond motifs is 1. The Bertz CT molecular complexity index is 1060. The molecule has 0 fully saturated rings. The molecule has 26 heavy (non-hydrogen) atoms. The van der Waals surface area contributed by atoms with E-state index in [1.807, 2.05) is 31.7 Å². The number of thiazole rings is 1. The zero-order valence-electron chi connectivity index (χ0n) is 14.7.